The number of alkyl halides is 2. The monoisotopic (exact) mass is 360 g/mol. The highest BCUT2D eigenvalue weighted by atomic mass is 32.2. The molecule has 1 saturated heterocycles. The van der Waals surface area contributed by atoms with Crippen LogP contribution in [-0.4, -0.2) is 37.3 Å². The molecule has 0 unspecified atom stereocenters. The van der Waals surface area contributed by atoms with E-state index in [-0.39, 0.29) is 29.0 Å². The van der Waals surface area contributed by atoms with Gasteiger partial charge in [-0.1, -0.05) is 18.6 Å². The van der Waals surface area contributed by atoms with Crippen LogP contribution in [0.3, 0.4) is 0 Å². The van der Waals surface area contributed by atoms with Gasteiger partial charge in [-0.15, -0.1) is 0 Å². The van der Waals surface area contributed by atoms with Gasteiger partial charge in [0.25, 0.3) is 6.43 Å². The first-order chi connectivity index (χ1) is 11.2. The van der Waals surface area contributed by atoms with Crippen LogP contribution in [0.15, 0.2) is 29.2 Å². The first kappa shape index (κ1) is 18.8. The highest BCUT2D eigenvalue weighted by Crippen LogP contribution is 2.27. The molecule has 8 heteroatoms. The van der Waals surface area contributed by atoms with Crippen molar-refractivity contribution in [2.75, 3.05) is 6.54 Å². The minimum absolute atomic E-state index is 0.0730. The zero-order valence-corrected chi connectivity index (χ0v) is 14.5. The second kappa shape index (κ2) is 7.57. The summed E-state index contributed by atoms with van der Waals surface area (Å²) in [5.41, 5.74) is -0.235. The number of nitrogens with zero attached hydrogens (tertiary/aromatic N) is 1. The van der Waals surface area contributed by atoms with Gasteiger partial charge in [0, 0.05) is 18.2 Å². The second-order valence-electron chi connectivity index (χ2n) is 6.16. The van der Waals surface area contributed by atoms with Crippen molar-refractivity contribution < 1.29 is 22.0 Å². The van der Waals surface area contributed by atoms with E-state index in [9.17, 15) is 22.0 Å². The number of carbonyl (C=O) groups is 1. The number of hydrogen-bond donors (Lipinski definition) is 1. The van der Waals surface area contributed by atoms with Crippen molar-refractivity contribution in [2.45, 2.75) is 56.5 Å². The Labute approximate surface area is 141 Å². The van der Waals surface area contributed by atoms with Crippen LogP contribution in [0.5, 0.6) is 0 Å². The van der Waals surface area contributed by atoms with Gasteiger partial charge in [-0.25, -0.2) is 17.2 Å². The van der Waals surface area contributed by atoms with Gasteiger partial charge < -0.3 is 5.32 Å². The summed E-state index contributed by atoms with van der Waals surface area (Å²) in [5.74, 6) is -0.322. The number of carbonyl (C=O) groups excluding carboxylic acids is 1. The average Bonchev–Trinajstić information content (AvgIpc) is 2.54. The largest absolute Gasteiger partial charge is 0.353 e. The Hall–Kier alpha value is -1.54. The van der Waals surface area contributed by atoms with Crippen molar-refractivity contribution in [3.63, 3.8) is 0 Å². The SMILES string of the molecule is CC(C)NC(=O)[C@@H]1CCCCN1S(=O)(=O)c1ccc(C(F)F)cc1. The summed E-state index contributed by atoms with van der Waals surface area (Å²) in [6.45, 7) is 3.86. The van der Waals surface area contributed by atoms with E-state index in [2.05, 4.69) is 5.32 Å². The van der Waals surface area contributed by atoms with E-state index in [1.54, 1.807) is 0 Å². The maximum atomic E-state index is 12.8. The van der Waals surface area contributed by atoms with Crippen molar-refractivity contribution in [3.05, 3.63) is 29.8 Å². The Bertz CT molecular complexity index is 675. The number of hydrogen-bond acceptors (Lipinski definition) is 3. The molecule has 134 valence electrons. The van der Waals surface area contributed by atoms with Gasteiger partial charge in [0.15, 0.2) is 0 Å². The Morgan fingerprint density at radius 1 is 1.21 bits per heavy atom. The molecule has 1 N–H and O–H groups in total. The number of piperidine rings is 1. The van der Waals surface area contributed by atoms with Gasteiger partial charge in [-0.2, -0.15) is 4.31 Å². The number of sulfonamides is 1. The smallest absolute Gasteiger partial charge is 0.263 e. The molecular weight excluding hydrogens is 338 g/mol. The fraction of sp³-hybridized carbons (Fsp3) is 0.562. The molecule has 1 aliphatic rings. The molecule has 0 radical (unpaired) electrons. The van der Waals surface area contributed by atoms with E-state index >= 15 is 0 Å². The van der Waals surface area contributed by atoms with Crippen molar-refractivity contribution in [2.24, 2.45) is 0 Å². The van der Waals surface area contributed by atoms with Gasteiger partial charge in [-0.3, -0.25) is 4.79 Å². The molecule has 24 heavy (non-hydrogen) atoms. The number of nitrogens with one attached hydrogen (secondary N) is 1. The molecule has 1 atom stereocenters. The molecule has 0 bridgehead atoms. The van der Waals surface area contributed by atoms with E-state index in [0.29, 0.717) is 12.8 Å². The average molecular weight is 360 g/mol. The third-order valence-corrected chi connectivity index (χ3v) is 5.85. The first-order valence-electron chi connectivity index (χ1n) is 7.94. The molecule has 2 rings (SSSR count). The second-order valence-corrected chi connectivity index (χ2v) is 8.05. The van der Waals surface area contributed by atoms with E-state index in [1.165, 1.54) is 16.4 Å². The molecular formula is C16H22F2N2O3S. The maximum Gasteiger partial charge on any atom is 0.263 e. The third kappa shape index (κ3) is 4.10. The summed E-state index contributed by atoms with van der Waals surface area (Å²) < 4.78 is 52.1. The summed E-state index contributed by atoms with van der Waals surface area (Å²) in [6, 6.07) is 3.69. The molecule has 1 fully saturated rings. The van der Waals surface area contributed by atoms with Crippen LogP contribution in [0.25, 0.3) is 0 Å². The van der Waals surface area contributed by atoms with Crippen LogP contribution in [0.1, 0.15) is 45.1 Å². The predicted octanol–water partition coefficient (Wildman–Crippen LogP) is 2.69. The summed E-state index contributed by atoms with van der Waals surface area (Å²) in [6.07, 6.45) is -0.763. The van der Waals surface area contributed by atoms with Crippen LogP contribution in [-0.2, 0) is 14.8 Å². The lowest BCUT2D eigenvalue weighted by Gasteiger charge is -2.34. The van der Waals surface area contributed by atoms with Crippen molar-refractivity contribution in [3.8, 4) is 0 Å². The Morgan fingerprint density at radius 2 is 1.83 bits per heavy atom. The van der Waals surface area contributed by atoms with Crippen LogP contribution in [0, 0.1) is 0 Å². The van der Waals surface area contributed by atoms with Crippen LogP contribution in [0.4, 0.5) is 8.78 Å². The molecule has 1 aliphatic heterocycles. The van der Waals surface area contributed by atoms with Gasteiger partial charge in [-0.05, 0) is 38.8 Å². The Morgan fingerprint density at radius 3 is 2.38 bits per heavy atom. The molecule has 1 heterocycles. The normalized spacial score (nSPS) is 19.7. The lowest BCUT2D eigenvalue weighted by molar-refractivity contribution is -0.126. The van der Waals surface area contributed by atoms with E-state index in [1.807, 2.05) is 13.8 Å². The van der Waals surface area contributed by atoms with Gasteiger partial charge in [0.05, 0.1) is 4.90 Å². The van der Waals surface area contributed by atoms with Crippen molar-refractivity contribution in [1.82, 2.24) is 9.62 Å². The van der Waals surface area contributed by atoms with Crippen LogP contribution in [0.2, 0.25) is 0 Å². The molecule has 0 saturated carbocycles. The topological polar surface area (TPSA) is 66.5 Å². The van der Waals surface area contributed by atoms with E-state index in [4.69, 9.17) is 0 Å². The van der Waals surface area contributed by atoms with E-state index in [0.717, 1.165) is 18.6 Å². The van der Waals surface area contributed by atoms with Crippen molar-refractivity contribution in [1.29, 1.82) is 0 Å². The molecule has 0 aliphatic carbocycles. The fourth-order valence-corrected chi connectivity index (χ4v) is 4.41. The number of amides is 1. The molecule has 5 nitrogen and oxygen atoms in total. The number of halogens is 2. The summed E-state index contributed by atoms with van der Waals surface area (Å²) in [5, 5.41) is 2.75. The first-order valence-corrected chi connectivity index (χ1v) is 9.38. The quantitative estimate of drug-likeness (QED) is 0.878. The van der Waals surface area contributed by atoms with Gasteiger partial charge >= 0.3 is 0 Å². The highest BCUT2D eigenvalue weighted by molar-refractivity contribution is 7.89. The number of rotatable bonds is 5. The summed E-state index contributed by atoms with van der Waals surface area (Å²) in [7, 11) is -3.91. The minimum atomic E-state index is -3.91. The Kier molecular flexibility index (Phi) is 5.92. The number of benzene rings is 1. The lowest BCUT2D eigenvalue weighted by atomic mass is 10.0. The fourth-order valence-electron chi connectivity index (χ4n) is 2.76. The van der Waals surface area contributed by atoms with Gasteiger partial charge in [0.1, 0.15) is 6.04 Å². The molecule has 0 spiro atoms. The standard InChI is InChI=1S/C16H22F2N2O3S/c1-11(2)19-16(21)14-5-3-4-10-20(14)24(22,23)13-8-6-12(7-9-13)15(17)18/h6-9,11,14-15H,3-5,10H2,1-2H3,(H,19,21)/t14-/m0/s1. The van der Waals surface area contributed by atoms with Gasteiger partial charge in [0.2, 0.25) is 15.9 Å². The molecule has 1 aromatic carbocycles. The zero-order chi connectivity index (χ0) is 17.9. The van der Waals surface area contributed by atoms with Crippen LogP contribution < -0.4 is 5.32 Å². The summed E-state index contributed by atoms with van der Waals surface area (Å²) >= 11 is 0. The summed E-state index contributed by atoms with van der Waals surface area (Å²) in [4.78, 5) is 12.3. The lowest BCUT2D eigenvalue weighted by Crippen LogP contribution is -2.52. The maximum absolute atomic E-state index is 12.8. The van der Waals surface area contributed by atoms with E-state index < -0.39 is 22.5 Å². The van der Waals surface area contributed by atoms with Crippen molar-refractivity contribution >= 4 is 15.9 Å². The third-order valence-electron chi connectivity index (χ3n) is 3.93. The molecule has 1 amide bonds. The predicted molar refractivity (Wildman–Crippen MR) is 86.2 cm³/mol. The minimum Gasteiger partial charge on any atom is -0.353 e. The zero-order valence-electron chi connectivity index (χ0n) is 13.7. The Balaban J connectivity index is 2.29. The van der Waals surface area contributed by atoms with Crippen LogP contribution >= 0.6 is 0 Å². The highest BCUT2D eigenvalue weighted by Gasteiger charge is 2.37. The molecule has 1 aromatic rings. The molecule has 0 aromatic heterocycles.